The number of imidazole rings is 1. The largest absolute Gasteiger partial charge is 0.463 e. The summed E-state index contributed by atoms with van der Waals surface area (Å²) in [4.78, 5) is 26.7. The maximum absolute atomic E-state index is 12.4. The topological polar surface area (TPSA) is 69.9 Å². The second-order valence-electron chi connectivity index (χ2n) is 9.12. The number of ether oxygens (including phenoxy) is 1. The average Bonchev–Trinajstić information content (AvgIpc) is 3.62. The van der Waals surface area contributed by atoms with Gasteiger partial charge in [0.05, 0.1) is 18.8 Å². The van der Waals surface area contributed by atoms with E-state index in [-0.39, 0.29) is 17.8 Å². The molecule has 0 bridgehead atoms. The Morgan fingerprint density at radius 1 is 1.09 bits per heavy atom. The summed E-state index contributed by atoms with van der Waals surface area (Å²) in [6.07, 6.45) is 2.32. The van der Waals surface area contributed by atoms with Gasteiger partial charge >= 0.3 is 5.97 Å². The van der Waals surface area contributed by atoms with E-state index >= 15 is 0 Å². The van der Waals surface area contributed by atoms with Crippen molar-refractivity contribution >= 4 is 28.7 Å². The average molecular weight is 475 g/mol. The number of aryl methyl sites for hydroxylation is 1. The Bertz CT molecular complexity index is 1380. The number of aromatic nitrogens is 4. The maximum Gasteiger partial charge on any atom is 0.376 e. The van der Waals surface area contributed by atoms with Gasteiger partial charge in [-0.25, -0.2) is 19.7 Å². The number of esters is 1. The molecule has 0 aliphatic heterocycles. The van der Waals surface area contributed by atoms with Crippen molar-refractivity contribution in [1.82, 2.24) is 19.5 Å². The Morgan fingerprint density at radius 2 is 1.82 bits per heavy atom. The first-order valence-electron chi connectivity index (χ1n) is 11.6. The van der Waals surface area contributed by atoms with Crippen LogP contribution in [-0.2, 0) is 4.74 Å². The molecule has 2 atom stereocenters. The van der Waals surface area contributed by atoms with Crippen LogP contribution in [0.15, 0.2) is 48.5 Å². The molecule has 174 valence electrons. The van der Waals surface area contributed by atoms with E-state index < -0.39 is 5.97 Å². The molecule has 1 aliphatic carbocycles. The lowest BCUT2D eigenvalue weighted by molar-refractivity contribution is 0.0586. The highest BCUT2D eigenvalue weighted by molar-refractivity contribution is 6.30. The Labute approximate surface area is 204 Å². The number of carbonyl (C=O) groups is 1. The van der Waals surface area contributed by atoms with Gasteiger partial charge in [0.2, 0.25) is 5.82 Å². The highest BCUT2D eigenvalue weighted by Crippen LogP contribution is 2.44. The molecule has 0 saturated heterocycles. The number of fused-ring (bicyclic) bond motifs is 1. The van der Waals surface area contributed by atoms with Crippen molar-refractivity contribution < 1.29 is 9.53 Å². The molecular formula is C27H27ClN4O2. The lowest BCUT2D eigenvalue weighted by Gasteiger charge is -2.21. The lowest BCUT2D eigenvalue weighted by Crippen LogP contribution is -2.15. The highest BCUT2D eigenvalue weighted by Gasteiger charge is 2.34. The number of nitrogens with zero attached hydrogens (tertiary/aromatic N) is 4. The van der Waals surface area contributed by atoms with Crippen molar-refractivity contribution in [3.8, 4) is 11.4 Å². The molecule has 2 aromatic carbocycles. The van der Waals surface area contributed by atoms with Gasteiger partial charge in [0.15, 0.2) is 5.65 Å². The fourth-order valence-electron chi connectivity index (χ4n) is 4.60. The number of hydrogen-bond donors (Lipinski definition) is 0. The van der Waals surface area contributed by atoms with Crippen LogP contribution in [0.3, 0.4) is 0 Å². The second-order valence-corrected chi connectivity index (χ2v) is 9.56. The third-order valence-corrected chi connectivity index (χ3v) is 6.97. The molecule has 1 fully saturated rings. The van der Waals surface area contributed by atoms with E-state index in [0.717, 1.165) is 46.6 Å². The van der Waals surface area contributed by atoms with Crippen molar-refractivity contribution in [3.63, 3.8) is 0 Å². The second kappa shape index (κ2) is 8.84. The molecule has 0 N–H and O–H groups in total. The maximum atomic E-state index is 12.4. The minimum Gasteiger partial charge on any atom is -0.463 e. The first-order valence-corrected chi connectivity index (χ1v) is 12.0. The van der Waals surface area contributed by atoms with Crippen LogP contribution in [0, 0.1) is 12.8 Å². The van der Waals surface area contributed by atoms with Gasteiger partial charge in [-0.15, -0.1) is 0 Å². The molecular weight excluding hydrogens is 448 g/mol. The van der Waals surface area contributed by atoms with Crippen molar-refractivity contribution in [2.45, 2.75) is 45.6 Å². The van der Waals surface area contributed by atoms with Crippen LogP contribution < -0.4 is 0 Å². The van der Waals surface area contributed by atoms with Gasteiger partial charge in [0.1, 0.15) is 11.3 Å². The van der Waals surface area contributed by atoms with Gasteiger partial charge in [-0.3, -0.25) is 0 Å². The molecule has 7 heteroatoms. The van der Waals surface area contributed by atoms with Gasteiger partial charge in [-0.05, 0) is 56.4 Å². The van der Waals surface area contributed by atoms with Crippen LogP contribution in [0.4, 0.5) is 0 Å². The number of carbonyl (C=O) groups excluding carboxylic acids is 1. The monoisotopic (exact) mass is 474 g/mol. The minimum absolute atomic E-state index is 0.0529. The van der Waals surface area contributed by atoms with Gasteiger partial charge in [-0.1, -0.05) is 54.4 Å². The lowest BCUT2D eigenvalue weighted by atomic mass is 10.00. The van der Waals surface area contributed by atoms with Gasteiger partial charge in [0.25, 0.3) is 0 Å². The summed E-state index contributed by atoms with van der Waals surface area (Å²) in [5.41, 5.74) is 5.45. The smallest absolute Gasteiger partial charge is 0.376 e. The number of halogens is 1. The number of methoxy groups -OCH3 is 1. The van der Waals surface area contributed by atoms with Crippen LogP contribution in [0.1, 0.15) is 66.1 Å². The van der Waals surface area contributed by atoms with Crippen LogP contribution in [0.2, 0.25) is 5.02 Å². The summed E-state index contributed by atoms with van der Waals surface area (Å²) in [6, 6.07) is 16.1. The predicted molar refractivity (Wildman–Crippen MR) is 133 cm³/mol. The molecule has 1 unspecified atom stereocenters. The number of hydrogen-bond acceptors (Lipinski definition) is 5. The summed E-state index contributed by atoms with van der Waals surface area (Å²) in [5, 5.41) is 0.694. The molecule has 0 amide bonds. The summed E-state index contributed by atoms with van der Waals surface area (Å²) in [6.45, 7) is 6.38. The van der Waals surface area contributed by atoms with E-state index in [2.05, 4.69) is 48.5 Å². The van der Waals surface area contributed by atoms with E-state index in [4.69, 9.17) is 26.3 Å². The standard InChI is InChI=1S/C27H27ClN4O2/c1-15-6-5-7-20(14-15)26-31-24-23(32(26)17(3)19-10-12-21(28)13-11-19)22(16(2)18-8-9-18)29-25(30-24)27(33)34-4/h5-7,10-14,16-18H,8-9H2,1-4H3/t16-,17?/m1/s1. The zero-order valence-electron chi connectivity index (χ0n) is 19.7. The zero-order valence-corrected chi connectivity index (χ0v) is 20.5. The van der Waals surface area contributed by atoms with Gasteiger partial charge < -0.3 is 9.30 Å². The summed E-state index contributed by atoms with van der Waals surface area (Å²) < 4.78 is 7.16. The van der Waals surface area contributed by atoms with E-state index in [1.54, 1.807) is 0 Å². The van der Waals surface area contributed by atoms with Crippen molar-refractivity contribution in [2.24, 2.45) is 5.92 Å². The minimum atomic E-state index is -0.552. The molecule has 1 aliphatic rings. The normalized spacial score (nSPS) is 15.3. The summed E-state index contributed by atoms with van der Waals surface area (Å²) >= 11 is 6.17. The molecule has 0 radical (unpaired) electrons. The van der Waals surface area contributed by atoms with Crippen LogP contribution >= 0.6 is 11.6 Å². The van der Waals surface area contributed by atoms with E-state index in [9.17, 15) is 4.79 Å². The molecule has 2 heterocycles. The molecule has 5 rings (SSSR count). The number of benzene rings is 2. The quantitative estimate of drug-likeness (QED) is 0.304. The Kier molecular flexibility index (Phi) is 5.86. The molecule has 0 spiro atoms. The molecule has 1 saturated carbocycles. The van der Waals surface area contributed by atoms with E-state index in [1.165, 1.54) is 7.11 Å². The van der Waals surface area contributed by atoms with Gasteiger partial charge in [-0.2, -0.15) is 0 Å². The summed E-state index contributed by atoms with van der Waals surface area (Å²) in [5.74, 6) is 1.01. The molecule has 6 nitrogen and oxygen atoms in total. The van der Waals surface area contributed by atoms with Crippen LogP contribution in [0.25, 0.3) is 22.6 Å². The first kappa shape index (κ1) is 22.5. The SMILES string of the molecule is COC(=O)c1nc([C@H](C)C2CC2)c2c(n1)nc(-c1cccc(C)c1)n2C(C)c1ccc(Cl)cc1. The Balaban J connectivity index is 1.82. The van der Waals surface area contributed by atoms with Crippen molar-refractivity contribution in [2.75, 3.05) is 7.11 Å². The van der Waals surface area contributed by atoms with Crippen LogP contribution in [0.5, 0.6) is 0 Å². The Hall–Kier alpha value is -3.25. The fraction of sp³-hybridized carbons (Fsp3) is 0.333. The van der Waals surface area contributed by atoms with Gasteiger partial charge in [0, 0.05) is 16.5 Å². The molecule has 2 aromatic heterocycles. The molecule has 4 aromatic rings. The van der Waals surface area contributed by atoms with E-state index in [1.807, 2.05) is 30.3 Å². The fourth-order valence-corrected chi connectivity index (χ4v) is 4.73. The molecule has 34 heavy (non-hydrogen) atoms. The van der Waals surface area contributed by atoms with Crippen LogP contribution in [-0.4, -0.2) is 32.6 Å². The predicted octanol–water partition coefficient (Wildman–Crippen LogP) is 6.36. The zero-order chi connectivity index (χ0) is 24.0. The highest BCUT2D eigenvalue weighted by atomic mass is 35.5. The Morgan fingerprint density at radius 3 is 2.47 bits per heavy atom. The third-order valence-electron chi connectivity index (χ3n) is 6.72. The third kappa shape index (κ3) is 4.07. The van der Waals surface area contributed by atoms with E-state index in [0.29, 0.717) is 16.6 Å². The van der Waals surface area contributed by atoms with Crippen molar-refractivity contribution in [3.05, 3.63) is 76.2 Å². The summed E-state index contributed by atoms with van der Waals surface area (Å²) in [7, 11) is 1.35. The first-order chi connectivity index (χ1) is 16.4. The number of rotatable bonds is 6. The van der Waals surface area contributed by atoms with Crippen molar-refractivity contribution in [1.29, 1.82) is 0 Å².